The maximum absolute atomic E-state index is 12.0. The number of nitrogens with zero attached hydrogens (tertiary/aromatic N) is 1. The molecule has 4 nitrogen and oxygen atoms in total. The maximum atomic E-state index is 12.0. The van der Waals surface area contributed by atoms with Crippen LogP contribution >= 0.6 is 0 Å². The monoisotopic (exact) mass is 340 g/mol. The molecular weight excluding hydrogens is 312 g/mol. The van der Waals surface area contributed by atoms with Gasteiger partial charge in [-0.3, -0.25) is 4.79 Å². The van der Waals surface area contributed by atoms with Crippen molar-refractivity contribution in [3.05, 3.63) is 60.2 Å². The van der Waals surface area contributed by atoms with E-state index >= 15 is 0 Å². The lowest BCUT2D eigenvalue weighted by atomic mass is 10.0. The van der Waals surface area contributed by atoms with Crippen LogP contribution in [0.4, 0.5) is 0 Å². The van der Waals surface area contributed by atoms with Gasteiger partial charge in [0.05, 0.1) is 6.54 Å². The number of likely N-dealkylation sites (N-methyl/N-ethyl adjacent to an activating group) is 1. The van der Waals surface area contributed by atoms with Crippen molar-refractivity contribution in [3.8, 4) is 11.5 Å². The second-order valence-corrected chi connectivity index (χ2v) is 6.11. The Hall–Kier alpha value is -2.33. The van der Waals surface area contributed by atoms with E-state index in [2.05, 4.69) is 24.4 Å². The van der Waals surface area contributed by atoms with E-state index in [1.807, 2.05) is 56.4 Å². The summed E-state index contributed by atoms with van der Waals surface area (Å²) in [6.45, 7) is 5.22. The highest BCUT2D eigenvalue weighted by Crippen LogP contribution is 2.25. The smallest absolute Gasteiger partial charge is 0.236 e. The molecule has 0 spiro atoms. The third-order valence-electron chi connectivity index (χ3n) is 4.24. The van der Waals surface area contributed by atoms with Crippen LogP contribution in [0.3, 0.4) is 0 Å². The summed E-state index contributed by atoms with van der Waals surface area (Å²) in [7, 11) is 1.83. The SMILES string of the molecule is CCCC(NCC(=O)N(C)CC)c1ccc(Oc2ccccc2)cc1. The first-order valence-corrected chi connectivity index (χ1v) is 8.94. The highest BCUT2D eigenvalue weighted by molar-refractivity contribution is 5.77. The molecule has 134 valence electrons. The van der Waals surface area contributed by atoms with Gasteiger partial charge in [-0.05, 0) is 43.2 Å². The minimum atomic E-state index is 0.118. The molecule has 0 radical (unpaired) electrons. The van der Waals surface area contributed by atoms with Gasteiger partial charge in [0.15, 0.2) is 0 Å². The van der Waals surface area contributed by atoms with Gasteiger partial charge in [-0.2, -0.15) is 0 Å². The number of hydrogen-bond acceptors (Lipinski definition) is 3. The number of carbonyl (C=O) groups excluding carboxylic acids is 1. The van der Waals surface area contributed by atoms with E-state index in [9.17, 15) is 4.79 Å². The Morgan fingerprint density at radius 2 is 1.68 bits per heavy atom. The zero-order chi connectivity index (χ0) is 18.1. The van der Waals surface area contributed by atoms with Crippen molar-refractivity contribution in [1.29, 1.82) is 0 Å². The van der Waals surface area contributed by atoms with Gasteiger partial charge < -0.3 is 15.0 Å². The molecule has 2 aromatic carbocycles. The number of nitrogens with one attached hydrogen (secondary N) is 1. The minimum absolute atomic E-state index is 0.118. The second kappa shape index (κ2) is 9.84. The molecule has 0 aliphatic carbocycles. The first-order chi connectivity index (χ1) is 12.1. The molecule has 0 heterocycles. The second-order valence-electron chi connectivity index (χ2n) is 6.11. The van der Waals surface area contributed by atoms with E-state index in [0.29, 0.717) is 6.54 Å². The van der Waals surface area contributed by atoms with Gasteiger partial charge in [0.1, 0.15) is 11.5 Å². The lowest BCUT2D eigenvalue weighted by Gasteiger charge is -2.21. The molecule has 1 unspecified atom stereocenters. The lowest BCUT2D eigenvalue weighted by molar-refractivity contribution is -0.128. The van der Waals surface area contributed by atoms with Gasteiger partial charge in [0.2, 0.25) is 5.91 Å². The number of ether oxygens (including phenoxy) is 1. The first kappa shape index (κ1) is 19.0. The Labute approximate surface area is 150 Å². The van der Waals surface area contributed by atoms with Crippen LogP contribution in [-0.4, -0.2) is 30.9 Å². The van der Waals surface area contributed by atoms with Gasteiger partial charge in [0, 0.05) is 19.6 Å². The first-order valence-electron chi connectivity index (χ1n) is 8.94. The molecule has 0 saturated heterocycles. The van der Waals surface area contributed by atoms with Crippen molar-refractivity contribution in [1.82, 2.24) is 10.2 Å². The average molecular weight is 340 g/mol. The molecular formula is C21H28N2O2. The Morgan fingerprint density at radius 3 is 2.28 bits per heavy atom. The molecule has 1 amide bonds. The summed E-state index contributed by atoms with van der Waals surface area (Å²) < 4.78 is 5.84. The van der Waals surface area contributed by atoms with E-state index in [0.717, 1.165) is 30.9 Å². The van der Waals surface area contributed by atoms with Crippen LogP contribution in [0, 0.1) is 0 Å². The largest absolute Gasteiger partial charge is 0.457 e. The normalized spacial score (nSPS) is 11.8. The van der Waals surface area contributed by atoms with E-state index in [4.69, 9.17) is 4.74 Å². The molecule has 0 aromatic heterocycles. The molecule has 4 heteroatoms. The summed E-state index contributed by atoms with van der Waals surface area (Å²) in [6, 6.07) is 18.0. The predicted octanol–water partition coefficient (Wildman–Crippen LogP) is 4.39. The van der Waals surface area contributed by atoms with Crippen molar-refractivity contribution < 1.29 is 9.53 Å². The standard InChI is InChI=1S/C21H28N2O2/c1-4-9-20(22-16-21(24)23(3)5-2)17-12-14-19(15-13-17)25-18-10-7-6-8-11-18/h6-8,10-15,20,22H,4-5,9,16H2,1-3H3. The summed E-state index contributed by atoms with van der Waals surface area (Å²) in [6.07, 6.45) is 2.04. The number of rotatable bonds is 9. The zero-order valence-corrected chi connectivity index (χ0v) is 15.4. The lowest BCUT2D eigenvalue weighted by Crippen LogP contribution is -2.37. The Morgan fingerprint density at radius 1 is 1.04 bits per heavy atom. The maximum Gasteiger partial charge on any atom is 0.236 e. The fraction of sp³-hybridized carbons (Fsp3) is 0.381. The topological polar surface area (TPSA) is 41.6 Å². The van der Waals surface area contributed by atoms with Gasteiger partial charge in [-0.15, -0.1) is 0 Å². The van der Waals surface area contributed by atoms with E-state index in [1.165, 1.54) is 5.56 Å². The van der Waals surface area contributed by atoms with Gasteiger partial charge in [-0.1, -0.05) is 43.7 Å². The average Bonchev–Trinajstić information content (AvgIpc) is 2.65. The number of carbonyl (C=O) groups is 1. The Balaban J connectivity index is 1.99. The number of hydrogen-bond donors (Lipinski definition) is 1. The van der Waals surface area contributed by atoms with Crippen molar-refractivity contribution in [2.45, 2.75) is 32.7 Å². The van der Waals surface area contributed by atoms with Crippen LogP contribution in [-0.2, 0) is 4.79 Å². The highest BCUT2D eigenvalue weighted by atomic mass is 16.5. The molecule has 1 N–H and O–H groups in total. The molecule has 2 rings (SSSR count). The molecule has 1 atom stereocenters. The summed E-state index contributed by atoms with van der Waals surface area (Å²) in [5.74, 6) is 1.76. The van der Waals surface area contributed by atoms with E-state index < -0.39 is 0 Å². The molecule has 0 aliphatic heterocycles. The molecule has 2 aromatic rings. The number of para-hydroxylation sites is 1. The van der Waals surface area contributed by atoms with Gasteiger partial charge in [0.25, 0.3) is 0 Å². The summed E-state index contributed by atoms with van der Waals surface area (Å²) >= 11 is 0. The fourth-order valence-corrected chi connectivity index (χ4v) is 2.59. The van der Waals surface area contributed by atoms with Crippen molar-refractivity contribution >= 4 is 5.91 Å². The Kier molecular flexibility index (Phi) is 7.48. The summed E-state index contributed by atoms with van der Waals surface area (Å²) in [5, 5.41) is 3.39. The van der Waals surface area contributed by atoms with Crippen molar-refractivity contribution in [3.63, 3.8) is 0 Å². The third-order valence-corrected chi connectivity index (χ3v) is 4.24. The quantitative estimate of drug-likeness (QED) is 0.736. The van der Waals surface area contributed by atoms with Crippen LogP contribution in [0.1, 0.15) is 38.3 Å². The van der Waals surface area contributed by atoms with Crippen LogP contribution in [0.15, 0.2) is 54.6 Å². The molecule has 0 fully saturated rings. The zero-order valence-electron chi connectivity index (χ0n) is 15.4. The van der Waals surface area contributed by atoms with E-state index in [-0.39, 0.29) is 11.9 Å². The van der Waals surface area contributed by atoms with Crippen LogP contribution < -0.4 is 10.1 Å². The molecule has 0 bridgehead atoms. The Bertz CT molecular complexity index is 641. The van der Waals surface area contributed by atoms with Gasteiger partial charge >= 0.3 is 0 Å². The summed E-state index contributed by atoms with van der Waals surface area (Å²) in [4.78, 5) is 13.7. The molecule has 25 heavy (non-hydrogen) atoms. The number of benzene rings is 2. The fourth-order valence-electron chi connectivity index (χ4n) is 2.59. The minimum Gasteiger partial charge on any atom is -0.457 e. The number of amides is 1. The van der Waals surface area contributed by atoms with Crippen molar-refractivity contribution in [2.75, 3.05) is 20.1 Å². The van der Waals surface area contributed by atoms with Gasteiger partial charge in [-0.25, -0.2) is 0 Å². The molecule has 0 aliphatic rings. The van der Waals surface area contributed by atoms with E-state index in [1.54, 1.807) is 4.90 Å². The molecule has 0 saturated carbocycles. The van der Waals surface area contributed by atoms with Crippen LogP contribution in [0.5, 0.6) is 11.5 Å². The highest BCUT2D eigenvalue weighted by Gasteiger charge is 2.13. The van der Waals surface area contributed by atoms with Crippen molar-refractivity contribution in [2.24, 2.45) is 0 Å². The third kappa shape index (κ3) is 5.91. The van der Waals surface area contributed by atoms with Crippen LogP contribution in [0.2, 0.25) is 0 Å². The summed E-state index contributed by atoms with van der Waals surface area (Å²) in [5.41, 5.74) is 1.18. The predicted molar refractivity (Wildman–Crippen MR) is 102 cm³/mol. The van der Waals surface area contributed by atoms with Crippen LogP contribution in [0.25, 0.3) is 0 Å².